The Morgan fingerprint density at radius 1 is 0.682 bits per heavy atom. The van der Waals surface area contributed by atoms with Crippen LogP contribution in [0.4, 0.5) is 0 Å². The Hall–Kier alpha value is -2.80. The van der Waals surface area contributed by atoms with Crippen molar-refractivity contribution in [2.75, 3.05) is 0 Å². The lowest BCUT2D eigenvalue weighted by Crippen LogP contribution is -1.81. The van der Waals surface area contributed by atoms with Crippen LogP contribution in [-0.4, -0.2) is 5.11 Å². The molecule has 1 heteroatoms. The summed E-state index contributed by atoms with van der Waals surface area (Å²) >= 11 is 0. The van der Waals surface area contributed by atoms with Crippen molar-refractivity contribution in [1.29, 1.82) is 0 Å². The summed E-state index contributed by atoms with van der Waals surface area (Å²) in [5.74, 6) is 0.353. The summed E-state index contributed by atoms with van der Waals surface area (Å²) in [6, 6.07) is 26.3. The van der Waals surface area contributed by atoms with Crippen LogP contribution in [0.2, 0.25) is 0 Å². The topological polar surface area (TPSA) is 20.2 Å². The average molecular weight is 286 g/mol. The number of rotatable bonds is 4. The minimum absolute atomic E-state index is 0.353. The molecule has 0 amide bonds. The summed E-state index contributed by atoms with van der Waals surface area (Å²) in [5.41, 5.74) is 4.56. The van der Waals surface area contributed by atoms with Gasteiger partial charge >= 0.3 is 0 Å². The van der Waals surface area contributed by atoms with Gasteiger partial charge in [0, 0.05) is 0 Å². The highest BCUT2D eigenvalue weighted by molar-refractivity contribution is 5.65. The van der Waals surface area contributed by atoms with Crippen LogP contribution in [0.15, 0.2) is 84.9 Å². The van der Waals surface area contributed by atoms with Crippen molar-refractivity contribution in [1.82, 2.24) is 0 Å². The molecular weight excluding hydrogens is 268 g/mol. The molecule has 0 aliphatic rings. The van der Waals surface area contributed by atoms with E-state index >= 15 is 0 Å². The summed E-state index contributed by atoms with van der Waals surface area (Å²) in [7, 11) is 0. The normalized spacial score (nSPS) is 10.9. The smallest absolute Gasteiger partial charge is 0.119 e. The number of hydrogen-bond donors (Lipinski definition) is 1. The molecule has 108 valence electrons. The lowest BCUT2D eigenvalue weighted by molar-refractivity contribution is 0.470. The summed E-state index contributed by atoms with van der Waals surface area (Å²) in [6.07, 6.45) is 4.89. The zero-order valence-electron chi connectivity index (χ0n) is 12.3. The molecule has 22 heavy (non-hydrogen) atoms. The van der Waals surface area contributed by atoms with E-state index in [1.165, 1.54) is 11.1 Å². The third-order valence-electron chi connectivity index (χ3n) is 3.66. The molecule has 3 aromatic rings. The van der Waals surface area contributed by atoms with E-state index in [0.29, 0.717) is 5.75 Å². The molecule has 0 atom stereocenters. The molecule has 0 aliphatic carbocycles. The van der Waals surface area contributed by atoms with E-state index in [9.17, 15) is 5.11 Å². The summed E-state index contributed by atoms with van der Waals surface area (Å²) in [6.45, 7) is 0. The van der Waals surface area contributed by atoms with Crippen molar-refractivity contribution in [3.8, 4) is 16.9 Å². The van der Waals surface area contributed by atoms with Crippen LogP contribution >= 0.6 is 0 Å². The van der Waals surface area contributed by atoms with Crippen LogP contribution in [0.25, 0.3) is 17.2 Å². The molecule has 0 bridgehead atoms. The highest BCUT2D eigenvalue weighted by Gasteiger charge is 1.97. The second kappa shape index (κ2) is 6.77. The van der Waals surface area contributed by atoms with Gasteiger partial charge in [-0.05, 0) is 34.7 Å². The quantitative estimate of drug-likeness (QED) is 0.688. The molecule has 3 rings (SSSR count). The van der Waals surface area contributed by atoms with Gasteiger partial charge in [0.05, 0.1) is 0 Å². The van der Waals surface area contributed by atoms with Crippen LogP contribution < -0.4 is 0 Å². The molecule has 3 aromatic carbocycles. The monoisotopic (exact) mass is 286 g/mol. The van der Waals surface area contributed by atoms with Gasteiger partial charge < -0.3 is 5.11 Å². The van der Waals surface area contributed by atoms with Crippen molar-refractivity contribution in [2.24, 2.45) is 0 Å². The maximum atomic E-state index is 9.74. The van der Waals surface area contributed by atoms with Crippen LogP contribution in [0.5, 0.6) is 5.75 Å². The van der Waals surface area contributed by atoms with Gasteiger partial charge in [-0.3, -0.25) is 0 Å². The Morgan fingerprint density at radius 3 is 2.05 bits per heavy atom. The number of phenols is 1. The molecule has 0 saturated heterocycles. The lowest BCUT2D eigenvalue weighted by atomic mass is 10.0. The third kappa shape index (κ3) is 3.44. The van der Waals surface area contributed by atoms with E-state index in [4.69, 9.17) is 0 Å². The van der Waals surface area contributed by atoms with E-state index in [-0.39, 0.29) is 0 Å². The van der Waals surface area contributed by atoms with Gasteiger partial charge in [0.1, 0.15) is 5.75 Å². The highest BCUT2D eigenvalue weighted by atomic mass is 16.3. The zero-order valence-corrected chi connectivity index (χ0v) is 12.3. The molecule has 1 N–H and O–H groups in total. The SMILES string of the molecule is Oc1ccccc1C/C=C\c1ccc(-c2ccccc2)cc1. The molecule has 0 fully saturated rings. The van der Waals surface area contributed by atoms with Crippen LogP contribution in [0, 0.1) is 0 Å². The number of phenolic OH excluding ortho intramolecular Hbond substituents is 1. The molecule has 0 heterocycles. The Morgan fingerprint density at radius 2 is 1.32 bits per heavy atom. The molecule has 1 nitrogen and oxygen atoms in total. The van der Waals surface area contributed by atoms with E-state index in [0.717, 1.165) is 17.5 Å². The first-order valence-electron chi connectivity index (χ1n) is 7.42. The predicted molar refractivity (Wildman–Crippen MR) is 92.7 cm³/mol. The third-order valence-corrected chi connectivity index (χ3v) is 3.66. The highest BCUT2D eigenvalue weighted by Crippen LogP contribution is 2.20. The molecule has 0 unspecified atom stereocenters. The first-order chi connectivity index (χ1) is 10.8. The summed E-state index contributed by atoms with van der Waals surface area (Å²) in [5, 5.41) is 9.74. The van der Waals surface area contributed by atoms with Crippen LogP contribution in [0.1, 0.15) is 11.1 Å². The van der Waals surface area contributed by atoms with Gasteiger partial charge in [0.25, 0.3) is 0 Å². The fourth-order valence-electron chi connectivity index (χ4n) is 2.42. The maximum Gasteiger partial charge on any atom is 0.119 e. The predicted octanol–water partition coefficient (Wildman–Crippen LogP) is 5.32. The van der Waals surface area contributed by atoms with Gasteiger partial charge in [-0.25, -0.2) is 0 Å². The Bertz CT molecular complexity index is 755. The van der Waals surface area contributed by atoms with E-state index in [2.05, 4.69) is 60.7 Å². The Labute approximate surface area is 131 Å². The van der Waals surface area contributed by atoms with Gasteiger partial charge in [-0.15, -0.1) is 0 Å². The molecular formula is C21H18O. The molecule has 0 aliphatic heterocycles. The average Bonchev–Trinajstić information content (AvgIpc) is 2.58. The van der Waals surface area contributed by atoms with Gasteiger partial charge in [0.15, 0.2) is 0 Å². The number of hydrogen-bond acceptors (Lipinski definition) is 1. The molecule has 0 spiro atoms. The van der Waals surface area contributed by atoms with Crippen molar-refractivity contribution in [3.63, 3.8) is 0 Å². The van der Waals surface area contributed by atoms with Crippen LogP contribution in [0.3, 0.4) is 0 Å². The minimum Gasteiger partial charge on any atom is -0.508 e. The minimum atomic E-state index is 0.353. The van der Waals surface area contributed by atoms with E-state index in [1.807, 2.05) is 24.3 Å². The molecule has 0 radical (unpaired) electrons. The number of aromatic hydroxyl groups is 1. The van der Waals surface area contributed by atoms with Crippen molar-refractivity contribution in [3.05, 3.63) is 96.1 Å². The lowest BCUT2D eigenvalue weighted by Gasteiger charge is -2.02. The summed E-state index contributed by atoms with van der Waals surface area (Å²) in [4.78, 5) is 0. The van der Waals surface area contributed by atoms with Gasteiger partial charge in [-0.1, -0.05) is 84.9 Å². The van der Waals surface area contributed by atoms with E-state index < -0.39 is 0 Å². The first kappa shape index (κ1) is 14.2. The largest absolute Gasteiger partial charge is 0.508 e. The van der Waals surface area contributed by atoms with Crippen molar-refractivity contribution < 1.29 is 5.11 Å². The molecule has 0 saturated carbocycles. The zero-order chi connectivity index (χ0) is 15.2. The van der Waals surface area contributed by atoms with Gasteiger partial charge in [-0.2, -0.15) is 0 Å². The standard InChI is InChI=1S/C21H18O/c22-21-12-5-4-10-20(21)11-6-7-17-13-15-19(16-14-17)18-8-2-1-3-9-18/h1-10,12-16,22H,11H2/b7-6-. The fraction of sp³-hybridized carbons (Fsp3) is 0.0476. The first-order valence-corrected chi connectivity index (χ1v) is 7.42. The van der Waals surface area contributed by atoms with Crippen molar-refractivity contribution >= 4 is 6.08 Å². The fourth-order valence-corrected chi connectivity index (χ4v) is 2.42. The maximum absolute atomic E-state index is 9.74. The Kier molecular flexibility index (Phi) is 4.35. The number of para-hydroxylation sites is 1. The van der Waals surface area contributed by atoms with Crippen molar-refractivity contribution in [2.45, 2.75) is 6.42 Å². The number of allylic oxidation sites excluding steroid dienone is 1. The second-order valence-corrected chi connectivity index (χ2v) is 5.22. The number of benzene rings is 3. The van der Waals surface area contributed by atoms with Gasteiger partial charge in [0.2, 0.25) is 0 Å². The van der Waals surface area contributed by atoms with E-state index in [1.54, 1.807) is 6.07 Å². The summed E-state index contributed by atoms with van der Waals surface area (Å²) < 4.78 is 0. The Balaban J connectivity index is 1.69. The van der Waals surface area contributed by atoms with Crippen LogP contribution in [-0.2, 0) is 6.42 Å². The second-order valence-electron chi connectivity index (χ2n) is 5.22. The molecule has 0 aromatic heterocycles.